The third-order valence-electron chi connectivity index (χ3n) is 6.64. The quantitative estimate of drug-likeness (QED) is 0.858. The minimum Gasteiger partial charge on any atom is -0.497 e. The molecule has 0 spiro atoms. The van der Waals surface area contributed by atoms with Gasteiger partial charge in [0.05, 0.1) is 18.4 Å². The van der Waals surface area contributed by atoms with Gasteiger partial charge in [0, 0.05) is 31.0 Å². The van der Waals surface area contributed by atoms with Gasteiger partial charge in [-0.15, -0.1) is 0 Å². The predicted octanol–water partition coefficient (Wildman–Crippen LogP) is 2.99. The molecule has 2 aromatic rings. The Balaban J connectivity index is 1.44. The third-order valence-corrected chi connectivity index (χ3v) is 6.64. The highest BCUT2D eigenvalue weighted by molar-refractivity contribution is 5.77. The first-order valence-corrected chi connectivity index (χ1v) is 9.99. The molecule has 3 atom stereocenters. The molecule has 6 nitrogen and oxygen atoms in total. The Hall–Kier alpha value is -2.34. The minimum absolute atomic E-state index is 0.0719. The number of carbonyl (C=O) groups excluding carboxylic acids is 1. The standard InChI is InChI=1S/C22H28N2O4/c1-14-19(15(2)28-23-14)7-8-21(25)24-12-16-9-10-22(26,20(16)13-24)17-5-4-6-18(11-17)27-3/h4-6,11,16,20,26H,7-10,12-13H2,1-3H3/t16-,20+,22+/m1/s1. The second-order valence-electron chi connectivity index (χ2n) is 8.16. The van der Waals surface area contributed by atoms with E-state index >= 15 is 0 Å². The average Bonchev–Trinajstić information content (AvgIpc) is 3.36. The molecule has 1 saturated heterocycles. The van der Waals surface area contributed by atoms with E-state index in [0.717, 1.165) is 47.7 Å². The van der Waals surface area contributed by atoms with E-state index in [4.69, 9.17) is 9.26 Å². The summed E-state index contributed by atoms with van der Waals surface area (Å²) < 4.78 is 10.5. The first-order valence-electron chi connectivity index (χ1n) is 9.99. The predicted molar refractivity (Wildman–Crippen MR) is 104 cm³/mol. The highest BCUT2D eigenvalue weighted by Gasteiger charge is 2.53. The molecule has 2 fully saturated rings. The Morgan fingerprint density at radius 3 is 2.93 bits per heavy atom. The number of hydrogen-bond donors (Lipinski definition) is 1. The summed E-state index contributed by atoms with van der Waals surface area (Å²) in [5, 5.41) is 15.5. The van der Waals surface area contributed by atoms with Crippen molar-refractivity contribution in [2.24, 2.45) is 11.8 Å². The van der Waals surface area contributed by atoms with E-state index in [2.05, 4.69) is 5.16 Å². The monoisotopic (exact) mass is 384 g/mol. The lowest BCUT2D eigenvalue weighted by Crippen LogP contribution is -2.36. The number of methoxy groups -OCH3 is 1. The topological polar surface area (TPSA) is 75.8 Å². The van der Waals surface area contributed by atoms with Crippen LogP contribution in [0.1, 0.15) is 41.8 Å². The molecule has 1 aliphatic heterocycles. The van der Waals surface area contributed by atoms with E-state index < -0.39 is 5.60 Å². The van der Waals surface area contributed by atoms with Crippen LogP contribution >= 0.6 is 0 Å². The summed E-state index contributed by atoms with van der Waals surface area (Å²) in [6.07, 6.45) is 2.76. The van der Waals surface area contributed by atoms with Gasteiger partial charge in [0.15, 0.2) is 0 Å². The molecule has 1 aromatic heterocycles. The number of aryl methyl sites for hydroxylation is 2. The van der Waals surface area contributed by atoms with Crippen molar-refractivity contribution in [3.05, 3.63) is 46.8 Å². The largest absolute Gasteiger partial charge is 0.497 e. The molecule has 6 heteroatoms. The van der Waals surface area contributed by atoms with Gasteiger partial charge >= 0.3 is 0 Å². The molecule has 0 bridgehead atoms. The number of fused-ring (bicyclic) bond motifs is 1. The number of carbonyl (C=O) groups is 1. The maximum absolute atomic E-state index is 12.8. The second-order valence-corrected chi connectivity index (χ2v) is 8.16. The summed E-state index contributed by atoms with van der Waals surface area (Å²) in [4.78, 5) is 14.7. The van der Waals surface area contributed by atoms with Crippen LogP contribution in [-0.4, -0.2) is 41.3 Å². The summed E-state index contributed by atoms with van der Waals surface area (Å²) in [5.41, 5.74) is 1.89. The molecule has 2 heterocycles. The van der Waals surface area contributed by atoms with Crippen LogP contribution in [-0.2, 0) is 16.8 Å². The third kappa shape index (κ3) is 3.20. The van der Waals surface area contributed by atoms with Crippen molar-refractivity contribution in [1.29, 1.82) is 0 Å². The number of aromatic nitrogens is 1. The van der Waals surface area contributed by atoms with E-state index in [1.54, 1.807) is 7.11 Å². The molecule has 4 rings (SSSR count). The molecule has 0 unspecified atom stereocenters. The summed E-state index contributed by atoms with van der Waals surface area (Å²) >= 11 is 0. The average molecular weight is 384 g/mol. The Morgan fingerprint density at radius 2 is 2.21 bits per heavy atom. The van der Waals surface area contributed by atoms with Crippen molar-refractivity contribution in [2.75, 3.05) is 20.2 Å². The minimum atomic E-state index is -0.893. The Kier molecular flexibility index (Phi) is 4.91. The maximum atomic E-state index is 12.8. The van der Waals surface area contributed by atoms with E-state index in [-0.39, 0.29) is 11.8 Å². The molecule has 1 saturated carbocycles. The van der Waals surface area contributed by atoms with Crippen molar-refractivity contribution in [2.45, 2.75) is 45.1 Å². The van der Waals surface area contributed by atoms with Gasteiger partial charge < -0.3 is 19.3 Å². The lowest BCUT2D eigenvalue weighted by atomic mass is 9.82. The number of amides is 1. The zero-order valence-corrected chi connectivity index (χ0v) is 16.8. The zero-order valence-electron chi connectivity index (χ0n) is 16.8. The molecule has 28 heavy (non-hydrogen) atoms. The van der Waals surface area contributed by atoms with Crippen LogP contribution in [0.5, 0.6) is 5.75 Å². The van der Waals surface area contributed by atoms with Crippen LogP contribution in [0.25, 0.3) is 0 Å². The molecule has 1 amide bonds. The Labute approximate surface area is 165 Å². The number of ether oxygens (including phenoxy) is 1. The molecular formula is C22H28N2O4. The Morgan fingerprint density at radius 1 is 1.39 bits per heavy atom. The van der Waals surface area contributed by atoms with Gasteiger partial charge in [0.2, 0.25) is 5.91 Å². The fraction of sp³-hybridized carbons (Fsp3) is 0.545. The zero-order chi connectivity index (χ0) is 19.9. The lowest BCUT2D eigenvalue weighted by Gasteiger charge is -2.31. The summed E-state index contributed by atoms with van der Waals surface area (Å²) in [6, 6.07) is 7.69. The normalized spacial score (nSPS) is 26.5. The molecule has 1 aromatic carbocycles. The fourth-order valence-electron chi connectivity index (χ4n) is 5.00. The second kappa shape index (κ2) is 7.24. The van der Waals surface area contributed by atoms with Crippen molar-refractivity contribution >= 4 is 5.91 Å². The van der Waals surface area contributed by atoms with Gasteiger partial charge in [0.1, 0.15) is 11.5 Å². The first-order chi connectivity index (χ1) is 13.4. The number of nitrogens with zero attached hydrogens (tertiary/aromatic N) is 2. The first kappa shape index (κ1) is 19.0. The molecule has 1 aliphatic carbocycles. The van der Waals surface area contributed by atoms with Gasteiger partial charge in [-0.05, 0) is 56.7 Å². The van der Waals surface area contributed by atoms with Crippen LogP contribution in [0.3, 0.4) is 0 Å². The van der Waals surface area contributed by atoms with E-state index in [1.807, 2.05) is 43.0 Å². The number of likely N-dealkylation sites (tertiary alicyclic amines) is 1. The van der Waals surface area contributed by atoms with Crippen molar-refractivity contribution in [3.63, 3.8) is 0 Å². The van der Waals surface area contributed by atoms with Crippen LogP contribution in [0, 0.1) is 25.7 Å². The van der Waals surface area contributed by atoms with Gasteiger partial charge in [0.25, 0.3) is 0 Å². The summed E-state index contributed by atoms with van der Waals surface area (Å²) in [7, 11) is 1.63. The smallest absolute Gasteiger partial charge is 0.222 e. The Bertz CT molecular complexity index is 858. The van der Waals surface area contributed by atoms with Crippen LogP contribution in [0.2, 0.25) is 0 Å². The van der Waals surface area contributed by atoms with Gasteiger partial charge in [-0.25, -0.2) is 0 Å². The maximum Gasteiger partial charge on any atom is 0.222 e. The van der Waals surface area contributed by atoms with E-state index in [1.165, 1.54) is 0 Å². The molecule has 2 aliphatic rings. The van der Waals surface area contributed by atoms with Crippen LogP contribution in [0.4, 0.5) is 0 Å². The van der Waals surface area contributed by atoms with Crippen molar-refractivity contribution in [3.8, 4) is 5.75 Å². The van der Waals surface area contributed by atoms with Gasteiger partial charge in [-0.2, -0.15) is 0 Å². The highest BCUT2D eigenvalue weighted by Crippen LogP contribution is 2.51. The van der Waals surface area contributed by atoms with Crippen molar-refractivity contribution < 1.29 is 19.2 Å². The number of hydrogen-bond acceptors (Lipinski definition) is 5. The van der Waals surface area contributed by atoms with E-state index in [9.17, 15) is 9.90 Å². The molecule has 0 radical (unpaired) electrons. The van der Waals surface area contributed by atoms with Crippen LogP contribution in [0.15, 0.2) is 28.8 Å². The van der Waals surface area contributed by atoms with E-state index in [0.29, 0.717) is 25.3 Å². The van der Waals surface area contributed by atoms with Gasteiger partial charge in [-0.1, -0.05) is 17.3 Å². The fourth-order valence-corrected chi connectivity index (χ4v) is 5.00. The highest BCUT2D eigenvalue weighted by atomic mass is 16.5. The van der Waals surface area contributed by atoms with Crippen molar-refractivity contribution in [1.82, 2.24) is 10.1 Å². The summed E-state index contributed by atoms with van der Waals surface area (Å²) in [5.74, 6) is 2.10. The lowest BCUT2D eigenvalue weighted by molar-refractivity contribution is -0.130. The molecular weight excluding hydrogens is 356 g/mol. The molecule has 1 N–H and O–H groups in total. The SMILES string of the molecule is COc1cccc([C@@]2(O)CC[C@@H]3CN(C(=O)CCc4c(C)noc4C)C[C@@H]32)c1. The number of aliphatic hydroxyl groups is 1. The van der Waals surface area contributed by atoms with Crippen LogP contribution < -0.4 is 4.74 Å². The number of benzene rings is 1. The molecule has 150 valence electrons. The van der Waals surface area contributed by atoms with Gasteiger partial charge in [-0.3, -0.25) is 4.79 Å². The number of rotatable bonds is 5. The summed E-state index contributed by atoms with van der Waals surface area (Å²) in [6.45, 7) is 5.13.